The Morgan fingerprint density at radius 1 is 1.62 bits per heavy atom. The number of hydrogen-bond acceptors (Lipinski definition) is 5. The van der Waals surface area contributed by atoms with Crippen molar-refractivity contribution in [2.45, 2.75) is 18.6 Å². The quantitative estimate of drug-likeness (QED) is 0.564. The lowest BCUT2D eigenvalue weighted by Crippen LogP contribution is -2.41. The topological polar surface area (TPSA) is 76.1 Å². The zero-order valence-electron chi connectivity index (χ0n) is 8.96. The van der Waals surface area contributed by atoms with Crippen LogP contribution in [0.3, 0.4) is 0 Å². The maximum Gasteiger partial charge on any atom is 0.411 e. The lowest BCUT2D eigenvalue weighted by molar-refractivity contribution is -0.145. The van der Waals surface area contributed by atoms with Gasteiger partial charge in [-0.2, -0.15) is 0 Å². The minimum atomic E-state index is -0.756. The lowest BCUT2D eigenvalue weighted by atomic mass is 10.2. The molecule has 1 fully saturated rings. The van der Waals surface area contributed by atoms with Crippen LogP contribution in [0.15, 0.2) is 0 Å². The molecule has 0 aromatic carbocycles. The van der Waals surface area contributed by atoms with Crippen LogP contribution in [0, 0.1) is 0 Å². The molecule has 2 atom stereocenters. The second-order valence-electron chi connectivity index (χ2n) is 3.34. The molecule has 0 bridgehead atoms. The molecule has 6 nitrogen and oxygen atoms in total. The molecule has 1 aliphatic rings. The van der Waals surface area contributed by atoms with Crippen LogP contribution in [0.4, 0.5) is 4.79 Å². The number of amides is 1. The summed E-state index contributed by atoms with van der Waals surface area (Å²) in [7, 11) is 1.92. The zero-order valence-corrected chi connectivity index (χ0v) is 9.85. The Hall–Kier alpha value is -1.13. The highest BCUT2D eigenvalue weighted by atomic mass is 31.1. The number of hydrogen-bond donors (Lipinski definition) is 1. The highest BCUT2D eigenvalue weighted by Gasteiger charge is 2.40. The van der Waals surface area contributed by atoms with E-state index in [0.29, 0.717) is 8.20 Å². The molecule has 1 unspecified atom stereocenters. The van der Waals surface area contributed by atoms with Gasteiger partial charge in [0.1, 0.15) is 12.4 Å². The summed E-state index contributed by atoms with van der Waals surface area (Å²) in [4.78, 5) is 24.1. The molecule has 7 heteroatoms. The van der Waals surface area contributed by atoms with E-state index in [4.69, 9.17) is 4.74 Å². The maximum atomic E-state index is 11.5. The second kappa shape index (κ2) is 5.82. The number of aliphatic hydroxyl groups is 1. The molecular formula is C9H14NO5P. The molecule has 1 aliphatic heterocycles. The largest absolute Gasteiger partial charge is 0.467 e. The highest BCUT2D eigenvalue weighted by Crippen LogP contribution is 2.20. The Morgan fingerprint density at radius 3 is 2.88 bits per heavy atom. The third-order valence-corrected chi connectivity index (χ3v) is 2.58. The summed E-state index contributed by atoms with van der Waals surface area (Å²) in [6.45, 7) is 0.0899. The third-order valence-electron chi connectivity index (χ3n) is 2.27. The molecule has 0 aliphatic carbocycles. The normalized spacial score (nSPS) is 24.5. The van der Waals surface area contributed by atoms with Crippen LogP contribution in [0.5, 0.6) is 0 Å². The maximum absolute atomic E-state index is 11.5. The van der Waals surface area contributed by atoms with E-state index in [-0.39, 0.29) is 19.3 Å². The van der Waals surface area contributed by atoms with Crippen LogP contribution in [0.1, 0.15) is 6.42 Å². The van der Waals surface area contributed by atoms with Crippen LogP contribution in [-0.4, -0.2) is 60.5 Å². The fourth-order valence-electron chi connectivity index (χ4n) is 1.56. The van der Waals surface area contributed by atoms with Crippen molar-refractivity contribution in [2.24, 2.45) is 0 Å². The van der Waals surface area contributed by atoms with Gasteiger partial charge in [0.05, 0.1) is 19.8 Å². The number of β-amino-alcohol motifs (C(OH)–C–C–N with tert-alkyl or cyclic N) is 1. The van der Waals surface area contributed by atoms with Crippen LogP contribution in [0.25, 0.3) is 0 Å². The molecule has 0 aromatic rings. The molecule has 16 heavy (non-hydrogen) atoms. The van der Waals surface area contributed by atoms with E-state index in [9.17, 15) is 14.7 Å². The van der Waals surface area contributed by atoms with Gasteiger partial charge < -0.3 is 14.6 Å². The van der Waals surface area contributed by atoms with Crippen LogP contribution in [0.2, 0.25) is 0 Å². The van der Waals surface area contributed by atoms with E-state index in [1.807, 2.05) is 0 Å². The molecule has 0 radical (unpaired) electrons. The van der Waals surface area contributed by atoms with Crippen molar-refractivity contribution in [2.75, 3.05) is 20.0 Å². The number of carbonyl (C=O) groups excluding carboxylic acids is 2. The smallest absolute Gasteiger partial charge is 0.411 e. The summed E-state index contributed by atoms with van der Waals surface area (Å²) in [5.41, 5.74) is 0. The summed E-state index contributed by atoms with van der Waals surface area (Å²) < 4.78 is 9.40. The number of methoxy groups -OCH3 is 1. The van der Waals surface area contributed by atoms with Gasteiger partial charge in [0.2, 0.25) is 0 Å². The number of aliphatic hydroxyl groups excluding tert-OH is 1. The molecule has 0 aromatic heterocycles. The molecule has 1 heterocycles. The molecule has 1 N–H and O–H groups in total. The highest BCUT2D eigenvalue weighted by molar-refractivity contribution is 7.36. The standard InChI is InChI=1S/C9H14NO5P/c1-14-8(12)7-3-6(11)4-10(7)9(13)15-5-16-2/h6-7,11H,2-5H2,1H3/t6-,7?/m1/s1. The fraction of sp³-hybridized carbons (Fsp3) is 0.667. The second-order valence-corrected chi connectivity index (χ2v) is 4.05. The van der Waals surface area contributed by atoms with Crippen molar-refractivity contribution in [3.63, 3.8) is 0 Å². The Kier molecular flexibility index (Phi) is 4.71. The van der Waals surface area contributed by atoms with Gasteiger partial charge in [0, 0.05) is 6.42 Å². The number of nitrogens with zero attached hydrogens (tertiary/aromatic N) is 1. The first-order valence-corrected chi connectivity index (χ1v) is 5.98. The zero-order chi connectivity index (χ0) is 12.1. The van der Waals surface area contributed by atoms with Crippen molar-refractivity contribution < 1.29 is 24.2 Å². The van der Waals surface area contributed by atoms with Crippen molar-refractivity contribution in [1.82, 2.24) is 4.90 Å². The Balaban J connectivity index is 2.65. The van der Waals surface area contributed by atoms with Gasteiger partial charge in [0.25, 0.3) is 0 Å². The van der Waals surface area contributed by atoms with E-state index < -0.39 is 24.2 Å². The van der Waals surface area contributed by atoms with Gasteiger partial charge in [-0.15, -0.1) is 0 Å². The average Bonchev–Trinajstić information content (AvgIpc) is 2.67. The third kappa shape index (κ3) is 2.93. The van der Waals surface area contributed by atoms with Crippen LogP contribution < -0.4 is 0 Å². The minimum Gasteiger partial charge on any atom is -0.467 e. The number of likely N-dealkylation sites (tertiary alicyclic amines) is 1. The van der Waals surface area contributed by atoms with Gasteiger partial charge in [-0.05, 0) is 0 Å². The van der Waals surface area contributed by atoms with Crippen LogP contribution >= 0.6 is 8.20 Å². The van der Waals surface area contributed by atoms with Gasteiger partial charge in [0.15, 0.2) is 0 Å². The summed E-state index contributed by atoms with van der Waals surface area (Å²) in [6, 6.07) is -0.756. The predicted molar refractivity (Wildman–Crippen MR) is 58.5 cm³/mol. The van der Waals surface area contributed by atoms with Crippen molar-refractivity contribution in [3.8, 4) is 0 Å². The Morgan fingerprint density at radius 2 is 2.31 bits per heavy atom. The number of ether oxygens (including phenoxy) is 2. The molecule has 90 valence electrons. The van der Waals surface area contributed by atoms with Crippen molar-refractivity contribution in [1.29, 1.82) is 0 Å². The predicted octanol–water partition coefficient (Wildman–Crippen LogP) is 0.0669. The van der Waals surface area contributed by atoms with Gasteiger partial charge in [-0.1, -0.05) is 14.5 Å². The van der Waals surface area contributed by atoms with Gasteiger partial charge >= 0.3 is 12.1 Å². The van der Waals surface area contributed by atoms with E-state index in [1.165, 1.54) is 12.0 Å². The van der Waals surface area contributed by atoms with Crippen molar-refractivity contribution >= 4 is 26.6 Å². The Bertz CT molecular complexity index is 296. The Labute approximate surface area is 94.9 Å². The van der Waals surface area contributed by atoms with Crippen LogP contribution in [-0.2, 0) is 14.3 Å². The summed E-state index contributed by atoms with van der Waals surface area (Å²) in [6.07, 6.45) is 2.52. The summed E-state index contributed by atoms with van der Waals surface area (Å²) >= 11 is 0. The van der Waals surface area contributed by atoms with Gasteiger partial charge in [-0.3, -0.25) is 4.90 Å². The molecule has 0 spiro atoms. The minimum absolute atomic E-state index is 0.0899. The van der Waals surface area contributed by atoms with Crippen molar-refractivity contribution in [3.05, 3.63) is 0 Å². The number of carbonyl (C=O) groups is 2. The summed E-state index contributed by atoms with van der Waals surface area (Å²) in [5, 5.41) is 9.42. The van der Waals surface area contributed by atoms with E-state index >= 15 is 0 Å². The molecule has 1 saturated heterocycles. The first-order valence-electron chi connectivity index (χ1n) is 4.72. The summed E-state index contributed by atoms with van der Waals surface area (Å²) in [5.74, 6) is -0.541. The van der Waals surface area contributed by atoms with E-state index in [0.717, 1.165) is 0 Å². The number of rotatable bonds is 3. The first kappa shape index (κ1) is 12.9. The average molecular weight is 247 g/mol. The van der Waals surface area contributed by atoms with E-state index in [2.05, 4.69) is 11.0 Å². The molecule has 0 saturated carbocycles. The van der Waals surface area contributed by atoms with E-state index in [1.54, 1.807) is 0 Å². The molecule has 1 amide bonds. The lowest BCUT2D eigenvalue weighted by Gasteiger charge is -2.21. The monoisotopic (exact) mass is 247 g/mol. The SMILES string of the molecule is C=PCOC(=O)N1C[C@H](O)CC1C(=O)OC. The van der Waals surface area contributed by atoms with Gasteiger partial charge in [-0.25, -0.2) is 9.59 Å². The number of esters is 1. The fourth-order valence-corrected chi connectivity index (χ4v) is 1.76. The molecule has 1 rings (SSSR count). The first-order chi connectivity index (χ1) is 7.60. The molecular weight excluding hydrogens is 233 g/mol.